The highest BCUT2D eigenvalue weighted by atomic mass is 32.2. The maximum Gasteiger partial charge on any atom is 0.214 e. The Morgan fingerprint density at radius 2 is 2.00 bits per heavy atom. The summed E-state index contributed by atoms with van der Waals surface area (Å²) < 4.78 is 0. The van der Waals surface area contributed by atoms with E-state index in [9.17, 15) is 4.79 Å². The lowest BCUT2D eigenvalue weighted by Crippen LogP contribution is -1.97. The number of hydrogen-bond acceptors (Lipinski definition) is 3. The van der Waals surface area contributed by atoms with Crippen LogP contribution in [0.15, 0.2) is 41.3 Å². The molecule has 0 aromatic heterocycles. The van der Waals surface area contributed by atoms with E-state index < -0.39 is 0 Å². The number of rotatable bonds is 5. The quantitative estimate of drug-likeness (QED) is 0.706. The van der Waals surface area contributed by atoms with E-state index in [4.69, 9.17) is 0 Å². The zero-order valence-electron chi connectivity index (χ0n) is 11.4. The van der Waals surface area contributed by atoms with Crippen molar-refractivity contribution < 1.29 is 4.79 Å². The molecule has 0 amide bonds. The third-order valence-corrected chi connectivity index (χ3v) is 5.80. The summed E-state index contributed by atoms with van der Waals surface area (Å²) in [5.41, 5.74) is 1.91. The molecule has 0 heterocycles. The summed E-state index contributed by atoms with van der Waals surface area (Å²) in [5, 5.41) is 0.865. The lowest BCUT2D eigenvalue weighted by atomic mass is 10.2. The van der Waals surface area contributed by atoms with Crippen molar-refractivity contribution in [2.24, 2.45) is 0 Å². The Balaban J connectivity index is 1.99. The van der Waals surface area contributed by atoms with E-state index >= 15 is 0 Å². The maximum atomic E-state index is 11.6. The molecule has 0 saturated heterocycles. The molecule has 1 aromatic carbocycles. The molecule has 1 aliphatic carbocycles. The molecule has 1 aromatic rings. The number of thioether (sulfide) groups is 2. The Labute approximate surface area is 124 Å². The van der Waals surface area contributed by atoms with Gasteiger partial charge in [-0.05, 0) is 37.0 Å². The van der Waals surface area contributed by atoms with Gasteiger partial charge in [0, 0.05) is 15.9 Å². The maximum absolute atomic E-state index is 11.6. The molecule has 3 heteroatoms. The SMILES string of the molecule is C=C(C)C(=O)SCc1ccccc1SC1CCCC1. The predicted octanol–water partition coefficient (Wildman–Crippen LogP) is 5.06. The van der Waals surface area contributed by atoms with E-state index in [1.54, 1.807) is 6.92 Å². The van der Waals surface area contributed by atoms with Crippen molar-refractivity contribution in [1.82, 2.24) is 0 Å². The number of carbonyl (C=O) groups excluding carboxylic acids is 1. The Morgan fingerprint density at radius 3 is 2.68 bits per heavy atom. The summed E-state index contributed by atoms with van der Waals surface area (Å²) in [5.74, 6) is 0.752. The van der Waals surface area contributed by atoms with Gasteiger partial charge in [0.2, 0.25) is 5.12 Å². The van der Waals surface area contributed by atoms with Crippen LogP contribution in [0.2, 0.25) is 0 Å². The van der Waals surface area contributed by atoms with Gasteiger partial charge in [0.1, 0.15) is 0 Å². The van der Waals surface area contributed by atoms with Crippen molar-refractivity contribution in [3.63, 3.8) is 0 Å². The smallest absolute Gasteiger partial charge is 0.214 e. The van der Waals surface area contributed by atoms with Crippen molar-refractivity contribution in [2.45, 2.75) is 48.5 Å². The predicted molar refractivity (Wildman–Crippen MR) is 85.7 cm³/mol. The molecule has 102 valence electrons. The molecule has 2 rings (SSSR count). The summed E-state index contributed by atoms with van der Waals surface area (Å²) in [4.78, 5) is 13.0. The fraction of sp³-hybridized carbons (Fsp3) is 0.438. The van der Waals surface area contributed by atoms with Crippen LogP contribution in [0.3, 0.4) is 0 Å². The third kappa shape index (κ3) is 4.43. The molecule has 1 saturated carbocycles. The van der Waals surface area contributed by atoms with Crippen molar-refractivity contribution >= 4 is 28.6 Å². The van der Waals surface area contributed by atoms with Gasteiger partial charge in [-0.25, -0.2) is 0 Å². The first kappa shape index (κ1) is 14.7. The van der Waals surface area contributed by atoms with Gasteiger partial charge in [-0.3, -0.25) is 4.79 Å². The van der Waals surface area contributed by atoms with Crippen LogP contribution in [0, 0.1) is 0 Å². The summed E-state index contributed by atoms with van der Waals surface area (Å²) >= 11 is 3.35. The highest BCUT2D eigenvalue weighted by molar-refractivity contribution is 8.13. The van der Waals surface area contributed by atoms with Crippen LogP contribution in [-0.4, -0.2) is 10.4 Å². The largest absolute Gasteiger partial charge is 0.282 e. The van der Waals surface area contributed by atoms with Crippen LogP contribution in [0.5, 0.6) is 0 Å². The van der Waals surface area contributed by atoms with Crippen molar-refractivity contribution in [3.05, 3.63) is 42.0 Å². The van der Waals surface area contributed by atoms with Crippen LogP contribution in [0.4, 0.5) is 0 Å². The number of benzene rings is 1. The topological polar surface area (TPSA) is 17.1 Å². The Kier molecular flexibility index (Phi) is 5.59. The van der Waals surface area contributed by atoms with Crippen molar-refractivity contribution in [3.8, 4) is 0 Å². The molecule has 0 unspecified atom stereocenters. The van der Waals surface area contributed by atoms with Crippen molar-refractivity contribution in [1.29, 1.82) is 0 Å². The van der Waals surface area contributed by atoms with Crippen LogP contribution >= 0.6 is 23.5 Å². The van der Waals surface area contributed by atoms with Gasteiger partial charge in [-0.1, -0.05) is 49.4 Å². The molecule has 1 fully saturated rings. The van der Waals surface area contributed by atoms with E-state index in [1.165, 1.54) is 47.9 Å². The average molecular weight is 292 g/mol. The lowest BCUT2D eigenvalue weighted by Gasteiger charge is -2.12. The molecule has 0 spiro atoms. The first-order chi connectivity index (χ1) is 9.16. The molecule has 0 aliphatic heterocycles. The molecule has 0 radical (unpaired) electrons. The molecule has 1 aliphatic rings. The van der Waals surface area contributed by atoms with Gasteiger partial charge < -0.3 is 0 Å². The van der Waals surface area contributed by atoms with Gasteiger partial charge in [-0.15, -0.1) is 11.8 Å². The average Bonchev–Trinajstić information content (AvgIpc) is 2.90. The molecule has 19 heavy (non-hydrogen) atoms. The Hall–Kier alpha value is -0.670. The molecule has 1 nitrogen and oxygen atoms in total. The van der Waals surface area contributed by atoms with Gasteiger partial charge in [0.15, 0.2) is 0 Å². The summed E-state index contributed by atoms with van der Waals surface area (Å²) in [6.45, 7) is 5.47. The lowest BCUT2D eigenvalue weighted by molar-refractivity contribution is -0.107. The van der Waals surface area contributed by atoms with Crippen LogP contribution in [0.1, 0.15) is 38.2 Å². The minimum atomic E-state index is 0.0978. The summed E-state index contributed by atoms with van der Waals surface area (Å²) in [6.07, 6.45) is 5.39. The zero-order valence-corrected chi connectivity index (χ0v) is 13.0. The third-order valence-electron chi connectivity index (χ3n) is 3.28. The fourth-order valence-electron chi connectivity index (χ4n) is 2.19. The van der Waals surface area contributed by atoms with Crippen LogP contribution in [0.25, 0.3) is 0 Å². The van der Waals surface area contributed by atoms with E-state index in [2.05, 4.69) is 30.8 Å². The second kappa shape index (κ2) is 7.20. The fourth-order valence-corrected chi connectivity index (χ4v) is 4.44. The normalized spacial score (nSPS) is 15.6. The Morgan fingerprint density at radius 1 is 1.32 bits per heavy atom. The number of hydrogen-bond donors (Lipinski definition) is 0. The zero-order chi connectivity index (χ0) is 13.7. The standard InChI is InChI=1S/C16H20OS2/c1-12(2)16(17)18-11-13-7-3-6-10-15(13)19-14-8-4-5-9-14/h3,6-7,10,14H,1,4-5,8-9,11H2,2H3. The summed E-state index contributed by atoms with van der Waals surface area (Å²) in [7, 11) is 0. The Bertz CT molecular complexity index is 462. The highest BCUT2D eigenvalue weighted by Gasteiger charge is 2.17. The first-order valence-electron chi connectivity index (χ1n) is 6.74. The molecule has 0 atom stereocenters. The molecular weight excluding hydrogens is 272 g/mol. The minimum absolute atomic E-state index is 0.0978. The van der Waals surface area contributed by atoms with E-state index in [0.29, 0.717) is 5.57 Å². The van der Waals surface area contributed by atoms with E-state index in [-0.39, 0.29) is 5.12 Å². The van der Waals surface area contributed by atoms with Crippen LogP contribution in [-0.2, 0) is 10.5 Å². The molecule has 0 bridgehead atoms. The second-order valence-electron chi connectivity index (χ2n) is 4.99. The van der Waals surface area contributed by atoms with E-state index in [0.717, 1.165) is 11.0 Å². The van der Waals surface area contributed by atoms with Gasteiger partial charge in [-0.2, -0.15) is 0 Å². The number of carbonyl (C=O) groups is 1. The van der Waals surface area contributed by atoms with Gasteiger partial charge in [0.05, 0.1) is 0 Å². The molecule has 0 N–H and O–H groups in total. The van der Waals surface area contributed by atoms with Crippen LogP contribution < -0.4 is 0 Å². The van der Waals surface area contributed by atoms with Crippen molar-refractivity contribution in [2.75, 3.05) is 0 Å². The second-order valence-corrected chi connectivity index (χ2v) is 7.28. The molecular formula is C16H20OS2. The first-order valence-corrected chi connectivity index (χ1v) is 8.60. The summed E-state index contributed by atoms with van der Waals surface area (Å²) in [6, 6.07) is 8.46. The monoisotopic (exact) mass is 292 g/mol. The highest BCUT2D eigenvalue weighted by Crippen LogP contribution is 2.37. The van der Waals surface area contributed by atoms with Gasteiger partial charge in [0.25, 0.3) is 0 Å². The van der Waals surface area contributed by atoms with E-state index in [1.807, 2.05) is 11.8 Å². The van der Waals surface area contributed by atoms with Gasteiger partial charge >= 0.3 is 0 Å². The minimum Gasteiger partial charge on any atom is -0.282 e.